The van der Waals surface area contributed by atoms with Gasteiger partial charge in [-0.15, -0.1) is 0 Å². The summed E-state index contributed by atoms with van der Waals surface area (Å²) in [6.45, 7) is 2.04. The zero-order chi connectivity index (χ0) is 9.14. The molecule has 0 aromatic heterocycles. The van der Waals surface area contributed by atoms with Crippen molar-refractivity contribution in [2.24, 2.45) is 0 Å². The summed E-state index contributed by atoms with van der Waals surface area (Å²) in [5, 5.41) is 9.30. The number of phenolic OH excluding ortho intramolecular Hbond substituents is 1. The first kappa shape index (κ1) is 9.32. The summed E-state index contributed by atoms with van der Waals surface area (Å²) in [5.74, 6) is -0.860. The Morgan fingerprint density at radius 3 is 2.83 bits per heavy atom. The Balaban J connectivity index is 3.14. The molecule has 1 aromatic carbocycles. The summed E-state index contributed by atoms with van der Waals surface area (Å²) in [6.07, 6.45) is 0. The van der Waals surface area contributed by atoms with Crippen molar-refractivity contribution in [3.63, 3.8) is 0 Å². The van der Waals surface area contributed by atoms with Crippen LogP contribution in [0.15, 0.2) is 16.6 Å². The predicted molar refractivity (Wildman–Crippen MR) is 46.9 cm³/mol. The van der Waals surface area contributed by atoms with E-state index in [4.69, 9.17) is 4.74 Å². The SMILES string of the molecule is CCOc1c(F)ccc(Br)c1O. The van der Waals surface area contributed by atoms with Gasteiger partial charge in [0.25, 0.3) is 0 Å². The number of aromatic hydroxyl groups is 1. The summed E-state index contributed by atoms with van der Waals surface area (Å²) in [5.41, 5.74) is 0. The van der Waals surface area contributed by atoms with Gasteiger partial charge >= 0.3 is 0 Å². The van der Waals surface area contributed by atoms with E-state index in [-0.39, 0.29) is 11.5 Å². The van der Waals surface area contributed by atoms with Crippen LogP contribution in [0, 0.1) is 5.82 Å². The van der Waals surface area contributed by atoms with Crippen LogP contribution >= 0.6 is 15.9 Å². The zero-order valence-electron chi connectivity index (χ0n) is 6.47. The Hall–Kier alpha value is -0.770. The molecule has 66 valence electrons. The van der Waals surface area contributed by atoms with Gasteiger partial charge in [-0.2, -0.15) is 0 Å². The first-order valence-electron chi connectivity index (χ1n) is 3.46. The van der Waals surface area contributed by atoms with E-state index in [9.17, 15) is 9.50 Å². The molecule has 1 N–H and O–H groups in total. The zero-order valence-corrected chi connectivity index (χ0v) is 8.06. The van der Waals surface area contributed by atoms with Gasteiger partial charge in [0.15, 0.2) is 17.3 Å². The number of hydrogen-bond donors (Lipinski definition) is 1. The molecule has 0 bridgehead atoms. The van der Waals surface area contributed by atoms with Crippen molar-refractivity contribution in [2.45, 2.75) is 6.92 Å². The fraction of sp³-hybridized carbons (Fsp3) is 0.250. The van der Waals surface area contributed by atoms with Crippen molar-refractivity contribution in [2.75, 3.05) is 6.61 Å². The minimum absolute atomic E-state index is 0.105. The second kappa shape index (κ2) is 3.76. The summed E-state index contributed by atoms with van der Waals surface area (Å²) in [4.78, 5) is 0. The number of ether oxygens (including phenoxy) is 1. The third kappa shape index (κ3) is 1.69. The molecule has 0 saturated carbocycles. The second-order valence-electron chi connectivity index (χ2n) is 2.14. The topological polar surface area (TPSA) is 29.5 Å². The lowest BCUT2D eigenvalue weighted by Crippen LogP contribution is -1.95. The maximum absolute atomic E-state index is 12.9. The van der Waals surface area contributed by atoms with Crippen LogP contribution in [0.4, 0.5) is 4.39 Å². The third-order valence-electron chi connectivity index (χ3n) is 1.32. The van der Waals surface area contributed by atoms with Crippen molar-refractivity contribution in [3.8, 4) is 11.5 Å². The molecule has 12 heavy (non-hydrogen) atoms. The number of halogens is 2. The van der Waals surface area contributed by atoms with Crippen LogP contribution in [0.3, 0.4) is 0 Å². The molecule has 0 heterocycles. The van der Waals surface area contributed by atoms with Crippen LogP contribution in [-0.4, -0.2) is 11.7 Å². The summed E-state index contributed by atoms with van der Waals surface area (Å²) >= 11 is 3.05. The molecule has 0 atom stereocenters. The molecule has 1 rings (SSSR count). The van der Waals surface area contributed by atoms with Gasteiger partial charge in [-0.05, 0) is 35.0 Å². The average Bonchev–Trinajstić information content (AvgIpc) is 2.06. The molecule has 0 aliphatic carbocycles. The lowest BCUT2D eigenvalue weighted by atomic mass is 10.3. The first-order valence-corrected chi connectivity index (χ1v) is 4.26. The standard InChI is InChI=1S/C8H8BrFO2/c1-2-12-8-6(10)4-3-5(9)7(8)11/h3-4,11H,2H2,1H3. The van der Waals surface area contributed by atoms with E-state index in [1.54, 1.807) is 6.92 Å². The number of benzene rings is 1. The maximum atomic E-state index is 12.9. The summed E-state index contributed by atoms with van der Waals surface area (Å²) < 4.78 is 18.2. The quantitative estimate of drug-likeness (QED) is 0.853. The van der Waals surface area contributed by atoms with Gasteiger partial charge in [0, 0.05) is 0 Å². The van der Waals surface area contributed by atoms with Crippen molar-refractivity contribution in [3.05, 3.63) is 22.4 Å². The molecule has 0 radical (unpaired) electrons. The number of phenols is 1. The minimum Gasteiger partial charge on any atom is -0.503 e. The Morgan fingerprint density at radius 1 is 1.58 bits per heavy atom. The molecule has 0 amide bonds. The van der Waals surface area contributed by atoms with E-state index in [1.807, 2.05) is 0 Å². The van der Waals surface area contributed by atoms with E-state index in [0.29, 0.717) is 11.1 Å². The van der Waals surface area contributed by atoms with Crippen molar-refractivity contribution < 1.29 is 14.2 Å². The number of hydrogen-bond acceptors (Lipinski definition) is 2. The number of rotatable bonds is 2. The third-order valence-corrected chi connectivity index (χ3v) is 1.96. The summed E-state index contributed by atoms with van der Waals surface area (Å²) in [7, 11) is 0. The molecule has 0 fully saturated rings. The molecule has 0 unspecified atom stereocenters. The van der Waals surface area contributed by atoms with Gasteiger partial charge in [-0.1, -0.05) is 0 Å². The van der Waals surface area contributed by atoms with Gasteiger partial charge in [0.1, 0.15) is 0 Å². The van der Waals surface area contributed by atoms with Gasteiger partial charge in [-0.25, -0.2) is 4.39 Å². The lowest BCUT2D eigenvalue weighted by molar-refractivity contribution is 0.299. The monoisotopic (exact) mass is 234 g/mol. The minimum atomic E-state index is -0.558. The van der Waals surface area contributed by atoms with Crippen LogP contribution in [0.1, 0.15) is 6.92 Å². The van der Waals surface area contributed by atoms with Crippen molar-refractivity contribution in [1.82, 2.24) is 0 Å². The lowest BCUT2D eigenvalue weighted by Gasteiger charge is -2.07. The average molecular weight is 235 g/mol. The van der Waals surface area contributed by atoms with Crippen LogP contribution in [0.2, 0.25) is 0 Å². The predicted octanol–water partition coefficient (Wildman–Crippen LogP) is 2.69. The molecule has 2 nitrogen and oxygen atoms in total. The van der Waals surface area contributed by atoms with E-state index in [0.717, 1.165) is 0 Å². The molecule has 0 spiro atoms. The van der Waals surface area contributed by atoms with Gasteiger partial charge < -0.3 is 9.84 Å². The van der Waals surface area contributed by atoms with Gasteiger partial charge in [0.2, 0.25) is 0 Å². The fourth-order valence-corrected chi connectivity index (χ4v) is 1.12. The fourth-order valence-electron chi connectivity index (χ4n) is 0.804. The Morgan fingerprint density at radius 2 is 2.25 bits per heavy atom. The molecule has 1 aromatic rings. The van der Waals surface area contributed by atoms with Gasteiger partial charge in [-0.3, -0.25) is 0 Å². The first-order chi connectivity index (χ1) is 5.66. The van der Waals surface area contributed by atoms with Crippen molar-refractivity contribution in [1.29, 1.82) is 0 Å². The van der Waals surface area contributed by atoms with Crippen LogP contribution in [0.5, 0.6) is 11.5 Å². The Kier molecular flexibility index (Phi) is 2.92. The second-order valence-corrected chi connectivity index (χ2v) is 2.99. The normalized spacial score (nSPS) is 9.92. The van der Waals surface area contributed by atoms with E-state index >= 15 is 0 Å². The smallest absolute Gasteiger partial charge is 0.198 e. The molecular formula is C8H8BrFO2. The molecular weight excluding hydrogens is 227 g/mol. The Labute approximate surface area is 78.1 Å². The van der Waals surface area contributed by atoms with Crippen LogP contribution in [-0.2, 0) is 0 Å². The molecule has 0 aliphatic rings. The highest BCUT2D eigenvalue weighted by Crippen LogP contribution is 2.35. The Bertz CT molecular complexity index is 289. The highest BCUT2D eigenvalue weighted by molar-refractivity contribution is 9.10. The summed E-state index contributed by atoms with van der Waals surface area (Å²) in [6, 6.07) is 2.65. The van der Waals surface area contributed by atoms with Crippen molar-refractivity contribution >= 4 is 15.9 Å². The largest absolute Gasteiger partial charge is 0.503 e. The van der Waals surface area contributed by atoms with E-state index < -0.39 is 5.82 Å². The van der Waals surface area contributed by atoms with Gasteiger partial charge in [0.05, 0.1) is 11.1 Å². The highest BCUT2D eigenvalue weighted by atomic mass is 79.9. The highest BCUT2D eigenvalue weighted by Gasteiger charge is 2.11. The molecule has 0 aliphatic heterocycles. The van der Waals surface area contributed by atoms with Crippen LogP contribution < -0.4 is 4.74 Å². The van der Waals surface area contributed by atoms with Crippen LogP contribution in [0.25, 0.3) is 0 Å². The van der Waals surface area contributed by atoms with E-state index in [2.05, 4.69) is 15.9 Å². The molecule has 4 heteroatoms. The maximum Gasteiger partial charge on any atom is 0.198 e. The molecule has 0 saturated heterocycles. The van der Waals surface area contributed by atoms with E-state index in [1.165, 1.54) is 12.1 Å².